The summed E-state index contributed by atoms with van der Waals surface area (Å²) in [5.41, 5.74) is 0. The number of methoxy groups -OCH3 is 1. The van der Waals surface area contributed by atoms with Crippen LogP contribution in [0.2, 0.25) is 0 Å². The fourth-order valence-corrected chi connectivity index (χ4v) is 1.95. The minimum atomic E-state index is -0.115. The van der Waals surface area contributed by atoms with Gasteiger partial charge in [0, 0.05) is 6.61 Å². The van der Waals surface area contributed by atoms with Gasteiger partial charge in [0.25, 0.3) is 0 Å². The van der Waals surface area contributed by atoms with Gasteiger partial charge in [-0.1, -0.05) is 6.92 Å². The molecule has 1 fully saturated rings. The van der Waals surface area contributed by atoms with Crippen molar-refractivity contribution in [3.63, 3.8) is 0 Å². The summed E-state index contributed by atoms with van der Waals surface area (Å²) in [7, 11) is 1.46. The molecule has 0 spiro atoms. The van der Waals surface area contributed by atoms with Crippen molar-refractivity contribution in [2.75, 3.05) is 19.0 Å². The van der Waals surface area contributed by atoms with E-state index in [4.69, 9.17) is 9.47 Å². The molecule has 0 saturated carbocycles. The number of rotatable bonds is 4. The molecule has 2 heterocycles. The average Bonchev–Trinajstić information content (AvgIpc) is 2.96. The van der Waals surface area contributed by atoms with Gasteiger partial charge in [0.15, 0.2) is 0 Å². The normalized spacial score (nSPS) is 23.6. The van der Waals surface area contributed by atoms with E-state index in [0.717, 1.165) is 12.8 Å². The molecule has 1 aromatic heterocycles. The zero-order chi connectivity index (χ0) is 12.3. The lowest BCUT2D eigenvalue weighted by Gasteiger charge is -2.14. The Morgan fingerprint density at radius 3 is 3.18 bits per heavy atom. The Kier molecular flexibility index (Phi) is 3.58. The van der Waals surface area contributed by atoms with Crippen LogP contribution >= 0.6 is 0 Å². The van der Waals surface area contributed by atoms with Gasteiger partial charge in [0.2, 0.25) is 11.9 Å². The number of hydrogen-bond acceptors (Lipinski definition) is 5. The van der Waals surface area contributed by atoms with Crippen molar-refractivity contribution >= 4 is 11.9 Å². The molecule has 0 aliphatic carbocycles. The summed E-state index contributed by atoms with van der Waals surface area (Å²) in [5, 5.41) is 9.01. The zero-order valence-corrected chi connectivity index (χ0v) is 9.90. The molecule has 94 valence electrons. The van der Waals surface area contributed by atoms with Crippen molar-refractivity contribution in [2.45, 2.75) is 25.9 Å². The number of aromatic amines is 1. The topological polar surface area (TPSA) is 89.1 Å². The fourth-order valence-electron chi connectivity index (χ4n) is 1.95. The third-order valence-corrected chi connectivity index (χ3v) is 2.84. The Labute approximate surface area is 98.9 Å². The Bertz CT molecular complexity index is 393. The molecule has 0 radical (unpaired) electrons. The molecule has 7 heteroatoms. The van der Waals surface area contributed by atoms with Gasteiger partial charge in [-0.3, -0.25) is 10.1 Å². The predicted molar refractivity (Wildman–Crippen MR) is 59.7 cm³/mol. The third kappa shape index (κ3) is 2.55. The van der Waals surface area contributed by atoms with Gasteiger partial charge in [-0.2, -0.15) is 4.98 Å². The standard InChI is InChI=1S/C10H16N4O3/c1-3-7-6(4-5-17-7)8(15)11-9-12-10(16-2)14-13-9/h6-7H,3-5H2,1-2H3,(H2,11,12,13,14,15). The number of ether oxygens (including phenoxy) is 2. The van der Waals surface area contributed by atoms with Gasteiger partial charge in [0.1, 0.15) is 0 Å². The van der Waals surface area contributed by atoms with Crippen molar-refractivity contribution < 1.29 is 14.3 Å². The van der Waals surface area contributed by atoms with Crippen LogP contribution in [0, 0.1) is 5.92 Å². The van der Waals surface area contributed by atoms with Crippen LogP contribution in [0.5, 0.6) is 6.01 Å². The number of carbonyl (C=O) groups is 1. The lowest BCUT2D eigenvalue weighted by molar-refractivity contribution is -0.121. The van der Waals surface area contributed by atoms with Crippen LogP contribution in [-0.2, 0) is 9.53 Å². The largest absolute Gasteiger partial charge is 0.466 e. The highest BCUT2D eigenvalue weighted by molar-refractivity contribution is 5.91. The van der Waals surface area contributed by atoms with Gasteiger partial charge in [-0.05, 0) is 12.8 Å². The summed E-state index contributed by atoms with van der Waals surface area (Å²) >= 11 is 0. The van der Waals surface area contributed by atoms with E-state index in [9.17, 15) is 4.79 Å². The van der Waals surface area contributed by atoms with Crippen LogP contribution in [-0.4, -0.2) is 40.9 Å². The quantitative estimate of drug-likeness (QED) is 0.803. The summed E-state index contributed by atoms with van der Waals surface area (Å²) in [6.07, 6.45) is 1.58. The van der Waals surface area contributed by atoms with Crippen LogP contribution < -0.4 is 10.1 Å². The van der Waals surface area contributed by atoms with E-state index < -0.39 is 0 Å². The van der Waals surface area contributed by atoms with Crippen molar-refractivity contribution in [3.8, 4) is 6.01 Å². The Balaban J connectivity index is 1.96. The predicted octanol–water partition coefficient (Wildman–Crippen LogP) is 0.567. The highest BCUT2D eigenvalue weighted by Crippen LogP contribution is 2.24. The SMILES string of the molecule is CCC1OCCC1C(=O)Nc1nc(OC)n[nH]1. The van der Waals surface area contributed by atoms with Gasteiger partial charge in [-0.15, -0.1) is 5.10 Å². The average molecular weight is 240 g/mol. The molecule has 7 nitrogen and oxygen atoms in total. The van der Waals surface area contributed by atoms with Crippen LogP contribution in [0.4, 0.5) is 5.95 Å². The second-order valence-electron chi connectivity index (χ2n) is 3.87. The molecule has 1 saturated heterocycles. The first-order valence-electron chi connectivity index (χ1n) is 5.63. The van der Waals surface area contributed by atoms with Crippen LogP contribution in [0.1, 0.15) is 19.8 Å². The maximum absolute atomic E-state index is 12.0. The molecule has 2 atom stereocenters. The number of nitrogens with one attached hydrogen (secondary N) is 2. The highest BCUT2D eigenvalue weighted by Gasteiger charge is 2.33. The van der Waals surface area contributed by atoms with E-state index >= 15 is 0 Å². The van der Waals surface area contributed by atoms with E-state index in [1.165, 1.54) is 7.11 Å². The van der Waals surface area contributed by atoms with E-state index in [-0.39, 0.29) is 23.9 Å². The van der Waals surface area contributed by atoms with Crippen LogP contribution in [0.15, 0.2) is 0 Å². The fraction of sp³-hybridized carbons (Fsp3) is 0.700. The van der Waals surface area contributed by atoms with Crippen molar-refractivity contribution in [3.05, 3.63) is 0 Å². The number of hydrogen-bond donors (Lipinski definition) is 2. The van der Waals surface area contributed by atoms with Gasteiger partial charge < -0.3 is 9.47 Å². The van der Waals surface area contributed by atoms with Crippen LogP contribution in [0.3, 0.4) is 0 Å². The highest BCUT2D eigenvalue weighted by atomic mass is 16.5. The van der Waals surface area contributed by atoms with E-state index in [1.807, 2.05) is 6.92 Å². The first-order chi connectivity index (χ1) is 8.24. The summed E-state index contributed by atoms with van der Waals surface area (Å²) in [5.74, 6) is 0.0952. The first kappa shape index (κ1) is 11.8. The maximum Gasteiger partial charge on any atom is 0.336 e. The molecule has 0 aromatic carbocycles. The summed E-state index contributed by atoms with van der Waals surface area (Å²) < 4.78 is 10.3. The van der Waals surface area contributed by atoms with Gasteiger partial charge in [0.05, 0.1) is 19.1 Å². The molecular weight excluding hydrogens is 224 g/mol. The minimum Gasteiger partial charge on any atom is -0.466 e. The Hall–Kier alpha value is -1.63. The molecule has 0 bridgehead atoms. The Morgan fingerprint density at radius 1 is 1.71 bits per heavy atom. The second kappa shape index (κ2) is 5.13. The number of carbonyl (C=O) groups excluding carboxylic acids is 1. The summed E-state index contributed by atoms with van der Waals surface area (Å²) in [4.78, 5) is 15.9. The second-order valence-corrected chi connectivity index (χ2v) is 3.87. The number of nitrogens with zero attached hydrogens (tertiary/aromatic N) is 2. The number of aromatic nitrogens is 3. The molecule has 2 rings (SSSR count). The molecule has 17 heavy (non-hydrogen) atoms. The number of H-pyrrole nitrogens is 1. The van der Waals surface area contributed by atoms with Gasteiger partial charge in [-0.25, -0.2) is 5.10 Å². The molecule has 2 unspecified atom stereocenters. The molecule has 1 aliphatic rings. The number of amides is 1. The molecule has 1 amide bonds. The van der Waals surface area contributed by atoms with E-state index in [0.29, 0.717) is 12.6 Å². The lowest BCUT2D eigenvalue weighted by Crippen LogP contribution is -2.29. The van der Waals surface area contributed by atoms with Crippen molar-refractivity contribution in [1.29, 1.82) is 0 Å². The maximum atomic E-state index is 12.0. The summed E-state index contributed by atoms with van der Waals surface area (Å²) in [6, 6.07) is 0.204. The minimum absolute atomic E-state index is 0.000169. The van der Waals surface area contributed by atoms with Gasteiger partial charge >= 0.3 is 6.01 Å². The molecule has 1 aliphatic heterocycles. The monoisotopic (exact) mass is 240 g/mol. The third-order valence-electron chi connectivity index (χ3n) is 2.84. The lowest BCUT2D eigenvalue weighted by atomic mass is 9.99. The van der Waals surface area contributed by atoms with Crippen molar-refractivity contribution in [2.24, 2.45) is 5.92 Å². The van der Waals surface area contributed by atoms with E-state index in [1.54, 1.807) is 0 Å². The van der Waals surface area contributed by atoms with Crippen molar-refractivity contribution in [1.82, 2.24) is 15.2 Å². The summed E-state index contributed by atoms with van der Waals surface area (Å²) in [6.45, 7) is 2.64. The molecule has 2 N–H and O–H groups in total. The number of anilines is 1. The molecule has 1 aromatic rings. The van der Waals surface area contributed by atoms with Crippen LogP contribution in [0.25, 0.3) is 0 Å². The molecular formula is C10H16N4O3. The van der Waals surface area contributed by atoms with E-state index in [2.05, 4.69) is 20.5 Å². The zero-order valence-electron chi connectivity index (χ0n) is 9.90. The smallest absolute Gasteiger partial charge is 0.336 e. The first-order valence-corrected chi connectivity index (χ1v) is 5.63. The Morgan fingerprint density at radius 2 is 2.53 bits per heavy atom.